The molecule has 3 rings (SSSR count). The summed E-state index contributed by atoms with van der Waals surface area (Å²) in [6.45, 7) is 8.80. The number of primary amides is 1. The Balaban J connectivity index is 1.85. The van der Waals surface area contributed by atoms with Crippen molar-refractivity contribution in [3.63, 3.8) is 0 Å². The molecule has 1 atom stereocenters. The molecule has 1 aromatic heterocycles. The second-order valence-corrected chi connectivity index (χ2v) is 7.29. The third-order valence-corrected chi connectivity index (χ3v) is 5.21. The number of hydrogen-bond donors (Lipinski definition) is 1. The van der Waals surface area contributed by atoms with E-state index in [0.29, 0.717) is 6.54 Å². The van der Waals surface area contributed by atoms with Crippen LogP contribution in [0.4, 0.5) is 4.79 Å². The highest BCUT2D eigenvalue weighted by Gasteiger charge is 2.51. The fourth-order valence-electron chi connectivity index (χ4n) is 3.11. The minimum Gasteiger partial charge on any atom is -0.399 e. The van der Waals surface area contributed by atoms with E-state index in [9.17, 15) is 4.79 Å². The van der Waals surface area contributed by atoms with E-state index in [-0.39, 0.29) is 17.2 Å². The summed E-state index contributed by atoms with van der Waals surface area (Å²) in [5, 5.41) is 0. The Morgan fingerprint density at radius 1 is 1.35 bits per heavy atom. The molecule has 2 amide bonds. The molecule has 0 radical (unpaired) electrons. The van der Waals surface area contributed by atoms with E-state index in [1.807, 2.05) is 39.8 Å². The number of hydrogen-bond acceptors (Lipinski definition) is 4. The molecule has 1 aromatic rings. The third kappa shape index (κ3) is 2.83. The molecule has 0 aromatic carbocycles. The smallest absolute Gasteiger partial charge is 0.399 e. The Morgan fingerprint density at radius 2 is 2.00 bits per heavy atom. The van der Waals surface area contributed by atoms with Crippen LogP contribution in [-0.4, -0.2) is 40.8 Å². The maximum atomic E-state index is 11.6. The monoisotopic (exact) mass is 317 g/mol. The van der Waals surface area contributed by atoms with Crippen LogP contribution in [0.1, 0.15) is 52.3 Å². The van der Waals surface area contributed by atoms with Crippen molar-refractivity contribution in [1.82, 2.24) is 9.88 Å². The van der Waals surface area contributed by atoms with E-state index in [2.05, 4.69) is 4.98 Å². The Bertz CT molecular complexity index is 604. The van der Waals surface area contributed by atoms with E-state index in [1.165, 1.54) is 0 Å². The van der Waals surface area contributed by atoms with Crippen LogP contribution in [-0.2, 0) is 9.31 Å². The highest BCUT2D eigenvalue weighted by atomic mass is 16.7. The topological polar surface area (TPSA) is 77.7 Å². The van der Waals surface area contributed by atoms with Gasteiger partial charge in [0.25, 0.3) is 0 Å². The Kier molecular flexibility index (Phi) is 3.88. The summed E-state index contributed by atoms with van der Waals surface area (Å²) in [6.07, 6.45) is 3.56. The summed E-state index contributed by atoms with van der Waals surface area (Å²) in [5.41, 5.74) is 6.47. The lowest BCUT2D eigenvalue weighted by Gasteiger charge is -2.32. The molecular weight excluding hydrogens is 293 g/mol. The fourth-order valence-corrected chi connectivity index (χ4v) is 3.11. The predicted octanol–water partition coefficient (Wildman–Crippen LogP) is 1.60. The van der Waals surface area contributed by atoms with Crippen molar-refractivity contribution in [2.24, 2.45) is 5.73 Å². The summed E-state index contributed by atoms with van der Waals surface area (Å²) in [4.78, 5) is 17.7. The predicted molar refractivity (Wildman–Crippen MR) is 88.2 cm³/mol. The molecule has 0 saturated carbocycles. The Labute approximate surface area is 137 Å². The van der Waals surface area contributed by atoms with Crippen LogP contribution in [0.15, 0.2) is 18.3 Å². The number of rotatable bonds is 2. The quantitative estimate of drug-likeness (QED) is 0.841. The second kappa shape index (κ2) is 5.49. The van der Waals surface area contributed by atoms with Crippen molar-refractivity contribution >= 4 is 18.6 Å². The standard InChI is InChI=1S/C16H24BN3O3/c1-15(2)16(3,4)23-17(22-15)11-7-8-19-12(10-11)13-6-5-9-20(13)14(18)21/h7-8,10,13H,5-6,9H2,1-4H3,(H2,18,21). The van der Waals surface area contributed by atoms with Gasteiger partial charge in [-0.25, -0.2) is 4.79 Å². The van der Waals surface area contributed by atoms with Gasteiger partial charge in [0.1, 0.15) is 0 Å². The maximum Gasteiger partial charge on any atom is 0.494 e. The number of carbonyl (C=O) groups is 1. The minimum absolute atomic E-state index is 0.0603. The van der Waals surface area contributed by atoms with Crippen LogP contribution in [0.2, 0.25) is 0 Å². The fraction of sp³-hybridized carbons (Fsp3) is 0.625. The Morgan fingerprint density at radius 3 is 2.61 bits per heavy atom. The van der Waals surface area contributed by atoms with Gasteiger partial charge in [-0.15, -0.1) is 0 Å². The SMILES string of the molecule is CC1(C)OB(c2ccnc(C3CCCN3C(N)=O)c2)OC1(C)C. The van der Waals surface area contributed by atoms with Crippen LogP contribution in [0.5, 0.6) is 0 Å². The number of carbonyl (C=O) groups excluding carboxylic acids is 1. The zero-order valence-corrected chi connectivity index (χ0v) is 14.2. The molecule has 0 aliphatic carbocycles. The average Bonchev–Trinajstić information content (AvgIpc) is 3.02. The first-order valence-electron chi connectivity index (χ1n) is 8.09. The van der Waals surface area contributed by atoms with E-state index in [1.54, 1.807) is 11.1 Å². The summed E-state index contributed by atoms with van der Waals surface area (Å²) in [6, 6.07) is 3.41. The second-order valence-electron chi connectivity index (χ2n) is 7.29. The lowest BCUT2D eigenvalue weighted by molar-refractivity contribution is 0.00578. The van der Waals surface area contributed by atoms with Crippen molar-refractivity contribution < 1.29 is 14.1 Å². The maximum absolute atomic E-state index is 11.6. The zero-order chi connectivity index (χ0) is 16.8. The van der Waals surface area contributed by atoms with Gasteiger partial charge >= 0.3 is 13.1 Å². The molecule has 23 heavy (non-hydrogen) atoms. The first-order valence-corrected chi connectivity index (χ1v) is 8.09. The molecule has 2 N–H and O–H groups in total. The van der Waals surface area contributed by atoms with Gasteiger partial charge in [-0.1, -0.05) is 0 Å². The van der Waals surface area contributed by atoms with Gasteiger partial charge in [-0.2, -0.15) is 0 Å². The number of nitrogens with two attached hydrogens (primary N) is 1. The van der Waals surface area contributed by atoms with Crippen LogP contribution < -0.4 is 11.2 Å². The molecule has 1 unspecified atom stereocenters. The molecule has 7 heteroatoms. The number of amides is 2. The third-order valence-electron chi connectivity index (χ3n) is 5.21. The first kappa shape index (κ1) is 16.3. The molecule has 6 nitrogen and oxygen atoms in total. The molecule has 3 heterocycles. The van der Waals surface area contributed by atoms with Crippen LogP contribution in [0.25, 0.3) is 0 Å². The van der Waals surface area contributed by atoms with Gasteiger partial charge in [0.2, 0.25) is 0 Å². The number of likely N-dealkylation sites (tertiary alicyclic amines) is 1. The lowest BCUT2D eigenvalue weighted by Crippen LogP contribution is -2.41. The molecule has 2 saturated heterocycles. The molecule has 0 spiro atoms. The summed E-state index contributed by atoms with van der Waals surface area (Å²) in [7, 11) is -0.426. The number of pyridine rings is 1. The van der Waals surface area contributed by atoms with Gasteiger partial charge in [0, 0.05) is 12.7 Å². The number of nitrogens with zero attached hydrogens (tertiary/aromatic N) is 2. The molecule has 2 aliphatic rings. The highest BCUT2D eigenvalue weighted by molar-refractivity contribution is 6.62. The van der Waals surface area contributed by atoms with E-state index < -0.39 is 13.1 Å². The highest BCUT2D eigenvalue weighted by Crippen LogP contribution is 2.37. The minimum atomic E-state index is -0.426. The summed E-state index contributed by atoms with van der Waals surface area (Å²) < 4.78 is 12.2. The van der Waals surface area contributed by atoms with Gasteiger partial charge in [-0.05, 0) is 58.1 Å². The van der Waals surface area contributed by atoms with Crippen molar-refractivity contribution in [2.45, 2.75) is 57.8 Å². The van der Waals surface area contributed by atoms with Crippen LogP contribution >= 0.6 is 0 Å². The molecule has 124 valence electrons. The van der Waals surface area contributed by atoms with Crippen LogP contribution in [0, 0.1) is 0 Å². The van der Waals surface area contributed by atoms with Crippen molar-refractivity contribution in [2.75, 3.05) is 6.54 Å². The van der Waals surface area contributed by atoms with Crippen LogP contribution in [0.3, 0.4) is 0 Å². The van der Waals surface area contributed by atoms with Gasteiger partial charge in [0.15, 0.2) is 0 Å². The zero-order valence-electron chi connectivity index (χ0n) is 14.2. The van der Waals surface area contributed by atoms with Gasteiger partial charge in [-0.3, -0.25) is 4.98 Å². The van der Waals surface area contributed by atoms with Crippen molar-refractivity contribution in [3.8, 4) is 0 Å². The van der Waals surface area contributed by atoms with E-state index in [0.717, 1.165) is 24.0 Å². The summed E-state index contributed by atoms with van der Waals surface area (Å²) >= 11 is 0. The first-order chi connectivity index (χ1) is 10.7. The number of aromatic nitrogens is 1. The molecule has 0 bridgehead atoms. The lowest BCUT2D eigenvalue weighted by atomic mass is 9.79. The van der Waals surface area contributed by atoms with E-state index in [4.69, 9.17) is 15.0 Å². The van der Waals surface area contributed by atoms with Gasteiger partial charge < -0.3 is 19.9 Å². The average molecular weight is 317 g/mol. The largest absolute Gasteiger partial charge is 0.494 e. The van der Waals surface area contributed by atoms with Crippen molar-refractivity contribution in [1.29, 1.82) is 0 Å². The van der Waals surface area contributed by atoms with E-state index >= 15 is 0 Å². The number of urea groups is 1. The normalized spacial score (nSPS) is 25.8. The molecular formula is C16H24BN3O3. The summed E-state index contributed by atoms with van der Waals surface area (Å²) in [5.74, 6) is 0. The van der Waals surface area contributed by atoms with Gasteiger partial charge in [0.05, 0.1) is 22.9 Å². The molecule has 2 aliphatic heterocycles. The molecule has 2 fully saturated rings. The Hall–Kier alpha value is -1.60. The van der Waals surface area contributed by atoms with Crippen molar-refractivity contribution in [3.05, 3.63) is 24.0 Å².